The first-order valence-corrected chi connectivity index (χ1v) is 12.7. The van der Waals surface area contributed by atoms with Crippen LogP contribution in [0.15, 0.2) is 23.1 Å². The summed E-state index contributed by atoms with van der Waals surface area (Å²) in [6.07, 6.45) is 3.97. The van der Waals surface area contributed by atoms with Crippen molar-refractivity contribution in [2.24, 2.45) is 0 Å². The van der Waals surface area contributed by atoms with Gasteiger partial charge in [-0.25, -0.2) is 8.42 Å². The highest BCUT2D eigenvalue weighted by molar-refractivity contribution is 7.89. The number of rotatable bonds is 8. The van der Waals surface area contributed by atoms with Crippen molar-refractivity contribution >= 4 is 27.5 Å². The van der Waals surface area contributed by atoms with E-state index in [1.54, 1.807) is 26.0 Å². The normalized spacial score (nSPS) is 19.5. The molecule has 0 bridgehead atoms. The van der Waals surface area contributed by atoms with Gasteiger partial charge in [-0.3, -0.25) is 14.5 Å². The molecule has 1 aromatic carbocycles. The second-order valence-corrected chi connectivity index (χ2v) is 10.1. The predicted octanol–water partition coefficient (Wildman–Crippen LogP) is 1.60. The molecule has 1 fully saturated rings. The Balaban J connectivity index is 1.73. The van der Waals surface area contributed by atoms with Crippen LogP contribution in [0.2, 0.25) is 0 Å². The lowest BCUT2D eigenvalue weighted by Crippen LogP contribution is -2.49. The van der Waals surface area contributed by atoms with Gasteiger partial charge in [0.05, 0.1) is 4.90 Å². The van der Waals surface area contributed by atoms with Crippen LogP contribution in [0.5, 0.6) is 0 Å². The number of piperidine rings is 1. The fraction of sp³-hybridized carbons (Fsp3) is 0.636. The average molecular weight is 451 g/mol. The Morgan fingerprint density at radius 3 is 2.42 bits per heavy atom. The summed E-state index contributed by atoms with van der Waals surface area (Å²) in [4.78, 5) is 29.3. The molecule has 0 unspecified atom stereocenters. The average Bonchev–Trinajstić information content (AvgIpc) is 3.14. The molecular formula is C22H34N4O4S. The van der Waals surface area contributed by atoms with Gasteiger partial charge in [-0.15, -0.1) is 0 Å². The van der Waals surface area contributed by atoms with E-state index in [9.17, 15) is 18.0 Å². The number of likely N-dealkylation sites (tertiary alicyclic amines) is 1. The fourth-order valence-electron chi connectivity index (χ4n) is 4.54. The largest absolute Gasteiger partial charge is 0.353 e. The second kappa shape index (κ2) is 10.1. The number of carbonyl (C=O) groups excluding carboxylic acids is 2. The molecule has 8 nitrogen and oxygen atoms in total. The van der Waals surface area contributed by atoms with E-state index in [4.69, 9.17) is 0 Å². The third-order valence-electron chi connectivity index (χ3n) is 6.20. The van der Waals surface area contributed by atoms with E-state index in [0.717, 1.165) is 19.6 Å². The van der Waals surface area contributed by atoms with Crippen molar-refractivity contribution in [1.82, 2.24) is 14.5 Å². The molecule has 2 amide bonds. The van der Waals surface area contributed by atoms with Gasteiger partial charge in [0.25, 0.3) is 0 Å². The summed E-state index contributed by atoms with van der Waals surface area (Å²) in [5.41, 5.74) is 1.32. The van der Waals surface area contributed by atoms with E-state index in [1.807, 2.05) is 0 Å². The molecule has 1 aromatic rings. The molecule has 2 aliphatic rings. The highest BCUT2D eigenvalue weighted by Crippen LogP contribution is 2.34. The van der Waals surface area contributed by atoms with Crippen molar-refractivity contribution in [3.05, 3.63) is 23.8 Å². The van der Waals surface area contributed by atoms with Crippen LogP contribution in [0.3, 0.4) is 0 Å². The number of amides is 2. The summed E-state index contributed by atoms with van der Waals surface area (Å²) < 4.78 is 27.2. The molecular weight excluding hydrogens is 416 g/mol. The minimum atomic E-state index is -3.60. The lowest BCUT2D eigenvalue weighted by Gasteiger charge is -2.27. The summed E-state index contributed by atoms with van der Waals surface area (Å²) in [5.74, 6) is -0.425. The van der Waals surface area contributed by atoms with Gasteiger partial charge in [0.15, 0.2) is 0 Å². The van der Waals surface area contributed by atoms with Crippen LogP contribution in [0.4, 0.5) is 5.69 Å². The number of carbonyl (C=O) groups is 2. The molecule has 0 aliphatic carbocycles. The zero-order valence-electron chi connectivity index (χ0n) is 18.8. The predicted molar refractivity (Wildman–Crippen MR) is 121 cm³/mol. The van der Waals surface area contributed by atoms with Crippen molar-refractivity contribution in [1.29, 1.82) is 0 Å². The maximum absolute atomic E-state index is 12.9. The molecule has 0 radical (unpaired) electrons. The zero-order valence-corrected chi connectivity index (χ0v) is 19.6. The molecule has 0 spiro atoms. The molecule has 31 heavy (non-hydrogen) atoms. The van der Waals surface area contributed by atoms with Crippen molar-refractivity contribution in [3.63, 3.8) is 0 Å². The molecule has 1 atom stereocenters. The Bertz CT molecular complexity index is 908. The van der Waals surface area contributed by atoms with E-state index in [1.165, 1.54) is 41.5 Å². The van der Waals surface area contributed by atoms with Gasteiger partial charge in [0.2, 0.25) is 21.8 Å². The Morgan fingerprint density at radius 1 is 1.13 bits per heavy atom. The smallest absolute Gasteiger partial charge is 0.243 e. The van der Waals surface area contributed by atoms with Crippen LogP contribution in [-0.2, 0) is 26.0 Å². The Kier molecular flexibility index (Phi) is 7.72. The van der Waals surface area contributed by atoms with Gasteiger partial charge in [-0.1, -0.05) is 20.3 Å². The Hall–Kier alpha value is -1.97. The third-order valence-corrected chi connectivity index (χ3v) is 8.24. The summed E-state index contributed by atoms with van der Waals surface area (Å²) in [6, 6.07) is 4.13. The maximum Gasteiger partial charge on any atom is 0.243 e. The monoisotopic (exact) mass is 450 g/mol. The van der Waals surface area contributed by atoms with Crippen LogP contribution in [0.25, 0.3) is 0 Å². The van der Waals surface area contributed by atoms with E-state index in [0.29, 0.717) is 37.3 Å². The third kappa shape index (κ3) is 5.10. The van der Waals surface area contributed by atoms with E-state index in [-0.39, 0.29) is 16.7 Å². The Morgan fingerprint density at radius 2 is 1.81 bits per heavy atom. The number of hydrogen-bond acceptors (Lipinski definition) is 5. The minimum absolute atomic E-state index is 0.198. The van der Waals surface area contributed by atoms with E-state index >= 15 is 0 Å². The van der Waals surface area contributed by atoms with Gasteiger partial charge in [0, 0.05) is 45.2 Å². The number of hydrogen-bond donors (Lipinski definition) is 1. The summed E-state index contributed by atoms with van der Waals surface area (Å²) in [6.45, 7) is 9.28. The lowest BCUT2D eigenvalue weighted by atomic mass is 10.1. The number of anilines is 1. The number of nitrogens with one attached hydrogen (secondary N) is 1. The molecule has 0 saturated carbocycles. The zero-order chi connectivity index (χ0) is 22.6. The van der Waals surface area contributed by atoms with Crippen LogP contribution < -0.4 is 10.2 Å². The summed E-state index contributed by atoms with van der Waals surface area (Å²) in [5, 5.41) is 2.97. The molecule has 1 N–H and O–H groups in total. The molecule has 9 heteroatoms. The van der Waals surface area contributed by atoms with Crippen LogP contribution in [0, 0.1) is 0 Å². The topological polar surface area (TPSA) is 90.0 Å². The second-order valence-electron chi connectivity index (χ2n) is 8.18. The quantitative estimate of drug-likeness (QED) is 0.650. The molecule has 172 valence electrons. The molecule has 2 heterocycles. The van der Waals surface area contributed by atoms with Crippen LogP contribution >= 0.6 is 0 Å². The highest BCUT2D eigenvalue weighted by atomic mass is 32.2. The van der Waals surface area contributed by atoms with E-state index < -0.39 is 16.1 Å². The molecule has 1 saturated heterocycles. The standard InChI is InChI=1S/C22H34N4O4S/c1-4-25(5-2)31(29,30)19-9-10-20-18(15-19)16-21(26(20)17(3)27)22(28)23-11-14-24-12-7-6-8-13-24/h9-10,15,21H,4-8,11-14,16H2,1-3H3,(H,23,28)/t21-/m1/s1. The number of nitrogens with zero attached hydrogens (tertiary/aromatic N) is 3. The lowest BCUT2D eigenvalue weighted by molar-refractivity contribution is -0.125. The summed E-state index contributed by atoms with van der Waals surface area (Å²) >= 11 is 0. The number of fused-ring (bicyclic) bond motifs is 1. The molecule has 2 aliphatic heterocycles. The van der Waals surface area contributed by atoms with Gasteiger partial charge in [-0.2, -0.15) is 4.31 Å². The van der Waals surface area contributed by atoms with Crippen LogP contribution in [0.1, 0.15) is 45.6 Å². The van der Waals surface area contributed by atoms with Gasteiger partial charge in [0.1, 0.15) is 6.04 Å². The highest BCUT2D eigenvalue weighted by Gasteiger charge is 2.38. The molecule has 0 aromatic heterocycles. The number of sulfonamides is 1. The SMILES string of the molecule is CCN(CC)S(=O)(=O)c1ccc2c(c1)C[C@H](C(=O)NCCN1CCCCC1)N2C(C)=O. The van der Waals surface area contributed by atoms with Crippen LogP contribution in [-0.4, -0.2) is 74.7 Å². The Labute approximate surface area is 185 Å². The number of benzene rings is 1. The van der Waals surface area contributed by atoms with Crippen molar-refractivity contribution in [3.8, 4) is 0 Å². The van der Waals surface area contributed by atoms with Crippen molar-refractivity contribution in [2.45, 2.75) is 57.4 Å². The van der Waals surface area contributed by atoms with E-state index in [2.05, 4.69) is 10.2 Å². The first kappa shape index (κ1) is 23.7. The minimum Gasteiger partial charge on any atom is -0.353 e. The van der Waals surface area contributed by atoms with Gasteiger partial charge in [-0.05, 0) is 49.7 Å². The fourth-order valence-corrected chi connectivity index (χ4v) is 6.05. The van der Waals surface area contributed by atoms with Gasteiger partial charge >= 0.3 is 0 Å². The molecule has 3 rings (SSSR count). The first-order valence-electron chi connectivity index (χ1n) is 11.2. The van der Waals surface area contributed by atoms with Crippen molar-refractivity contribution < 1.29 is 18.0 Å². The first-order chi connectivity index (χ1) is 14.8. The summed E-state index contributed by atoms with van der Waals surface area (Å²) in [7, 11) is -3.60. The maximum atomic E-state index is 12.9. The van der Waals surface area contributed by atoms with Crippen molar-refractivity contribution in [2.75, 3.05) is 44.2 Å². The van der Waals surface area contributed by atoms with Gasteiger partial charge < -0.3 is 10.2 Å².